The summed E-state index contributed by atoms with van der Waals surface area (Å²) in [6, 6.07) is 8.84. The van der Waals surface area contributed by atoms with Gasteiger partial charge in [-0.2, -0.15) is 0 Å². The molecule has 0 saturated carbocycles. The molecule has 1 aliphatic rings. The second kappa shape index (κ2) is 7.72. The van der Waals surface area contributed by atoms with Crippen LogP contribution in [0.15, 0.2) is 36.4 Å². The summed E-state index contributed by atoms with van der Waals surface area (Å²) in [6.45, 7) is 2.09. The number of carbonyl (C=O) groups excluding carboxylic acids is 1. The van der Waals surface area contributed by atoms with E-state index in [4.69, 9.17) is 30.5 Å². The largest absolute Gasteiger partial charge is 0.479 e. The lowest BCUT2D eigenvalue weighted by molar-refractivity contribution is -0.152. The van der Waals surface area contributed by atoms with E-state index in [2.05, 4.69) is 0 Å². The van der Waals surface area contributed by atoms with Gasteiger partial charge in [0.1, 0.15) is 23.9 Å². The van der Waals surface area contributed by atoms with Gasteiger partial charge in [0.05, 0.1) is 6.61 Å². The molecule has 0 saturated heterocycles. The van der Waals surface area contributed by atoms with Crippen LogP contribution in [-0.4, -0.2) is 18.9 Å². The summed E-state index contributed by atoms with van der Waals surface area (Å²) in [7, 11) is 0. The number of carbonyl (C=O) groups is 1. The van der Waals surface area contributed by atoms with Crippen molar-refractivity contribution in [1.29, 1.82) is 0 Å². The van der Waals surface area contributed by atoms with E-state index in [9.17, 15) is 9.18 Å². The summed E-state index contributed by atoms with van der Waals surface area (Å²) in [5.74, 6) is 0.0735. The molecule has 2 aromatic carbocycles. The first-order chi connectivity index (χ1) is 12.0. The average Bonchev–Trinajstić information content (AvgIpc) is 2.61. The SMILES string of the molecule is C[C@H](Oc1ccc(F)cc1)C(=O)OCc1cc(Cl)cc2c1OCOC2. The molecule has 5 nitrogen and oxygen atoms in total. The molecule has 0 radical (unpaired) electrons. The van der Waals surface area contributed by atoms with E-state index in [-0.39, 0.29) is 19.2 Å². The summed E-state index contributed by atoms with van der Waals surface area (Å²) >= 11 is 6.07. The molecule has 0 N–H and O–H groups in total. The fourth-order valence-corrected chi connectivity index (χ4v) is 2.66. The van der Waals surface area contributed by atoms with Crippen LogP contribution < -0.4 is 9.47 Å². The first kappa shape index (κ1) is 17.5. The third-order valence-electron chi connectivity index (χ3n) is 3.58. The van der Waals surface area contributed by atoms with E-state index in [1.54, 1.807) is 19.1 Å². The van der Waals surface area contributed by atoms with E-state index >= 15 is 0 Å². The van der Waals surface area contributed by atoms with E-state index in [0.717, 1.165) is 5.56 Å². The zero-order valence-electron chi connectivity index (χ0n) is 13.5. The third-order valence-corrected chi connectivity index (χ3v) is 3.80. The molecule has 0 amide bonds. The van der Waals surface area contributed by atoms with Crippen molar-refractivity contribution in [2.24, 2.45) is 0 Å². The lowest BCUT2D eigenvalue weighted by Gasteiger charge is -2.21. The van der Waals surface area contributed by atoms with Gasteiger partial charge in [0, 0.05) is 16.1 Å². The number of halogens is 2. The summed E-state index contributed by atoms with van der Waals surface area (Å²) in [5.41, 5.74) is 1.47. The van der Waals surface area contributed by atoms with Crippen molar-refractivity contribution in [2.45, 2.75) is 26.2 Å². The van der Waals surface area contributed by atoms with Gasteiger partial charge in [-0.05, 0) is 43.3 Å². The minimum Gasteiger partial charge on any atom is -0.479 e. The Morgan fingerprint density at radius 1 is 1.32 bits per heavy atom. The molecular formula is C18H16ClFO5. The molecule has 1 heterocycles. The number of rotatable bonds is 5. The zero-order valence-corrected chi connectivity index (χ0v) is 14.2. The highest BCUT2D eigenvalue weighted by Gasteiger charge is 2.20. The van der Waals surface area contributed by atoms with Crippen molar-refractivity contribution in [3.05, 3.63) is 58.4 Å². The molecule has 25 heavy (non-hydrogen) atoms. The van der Waals surface area contributed by atoms with Crippen LogP contribution in [0.3, 0.4) is 0 Å². The molecule has 0 bridgehead atoms. The number of hydrogen-bond acceptors (Lipinski definition) is 5. The number of fused-ring (bicyclic) bond motifs is 1. The van der Waals surface area contributed by atoms with Crippen LogP contribution in [0.2, 0.25) is 5.02 Å². The van der Waals surface area contributed by atoms with Crippen molar-refractivity contribution in [2.75, 3.05) is 6.79 Å². The Balaban J connectivity index is 1.62. The van der Waals surface area contributed by atoms with Crippen LogP contribution in [0.5, 0.6) is 11.5 Å². The number of ether oxygens (including phenoxy) is 4. The monoisotopic (exact) mass is 366 g/mol. The van der Waals surface area contributed by atoms with Crippen LogP contribution in [0.4, 0.5) is 4.39 Å². The fraction of sp³-hybridized carbons (Fsp3) is 0.278. The molecule has 0 spiro atoms. The van der Waals surface area contributed by atoms with Crippen LogP contribution in [0, 0.1) is 5.82 Å². The minimum atomic E-state index is -0.843. The van der Waals surface area contributed by atoms with Gasteiger partial charge in [0.2, 0.25) is 0 Å². The summed E-state index contributed by atoms with van der Waals surface area (Å²) in [4.78, 5) is 12.1. The van der Waals surface area contributed by atoms with E-state index in [1.165, 1.54) is 24.3 Å². The standard InChI is InChI=1S/C18H16ClFO5/c1-11(25-16-4-2-15(20)3-5-16)18(21)23-9-13-7-14(19)6-12-8-22-10-24-17(12)13/h2-7,11H,8-10H2,1H3/t11-/m0/s1. The minimum absolute atomic E-state index is 0.00115. The maximum absolute atomic E-state index is 12.9. The molecule has 1 aliphatic heterocycles. The molecular weight excluding hydrogens is 351 g/mol. The Kier molecular flexibility index (Phi) is 5.40. The van der Waals surface area contributed by atoms with Crippen LogP contribution in [-0.2, 0) is 27.5 Å². The first-order valence-electron chi connectivity index (χ1n) is 7.63. The maximum atomic E-state index is 12.9. The Hall–Kier alpha value is -2.31. The van der Waals surface area contributed by atoms with Gasteiger partial charge in [-0.3, -0.25) is 0 Å². The molecule has 3 rings (SSSR count). The smallest absolute Gasteiger partial charge is 0.347 e. The van der Waals surface area contributed by atoms with Crippen molar-refractivity contribution in [1.82, 2.24) is 0 Å². The summed E-state index contributed by atoms with van der Waals surface area (Å²) in [6.07, 6.45) is -0.843. The van der Waals surface area contributed by atoms with Crippen LogP contribution in [0.1, 0.15) is 18.1 Å². The van der Waals surface area contributed by atoms with E-state index in [1.807, 2.05) is 0 Å². The van der Waals surface area contributed by atoms with Gasteiger partial charge < -0.3 is 18.9 Å². The Morgan fingerprint density at radius 3 is 2.84 bits per heavy atom. The van der Waals surface area contributed by atoms with Crippen molar-refractivity contribution in [3.63, 3.8) is 0 Å². The van der Waals surface area contributed by atoms with Crippen molar-refractivity contribution >= 4 is 17.6 Å². The number of hydrogen-bond donors (Lipinski definition) is 0. The van der Waals surface area contributed by atoms with Gasteiger partial charge in [0.25, 0.3) is 0 Å². The number of benzene rings is 2. The zero-order chi connectivity index (χ0) is 17.8. The fourth-order valence-electron chi connectivity index (χ4n) is 2.40. The highest BCUT2D eigenvalue weighted by molar-refractivity contribution is 6.30. The molecule has 0 aromatic heterocycles. The van der Waals surface area contributed by atoms with Crippen LogP contribution in [0.25, 0.3) is 0 Å². The highest BCUT2D eigenvalue weighted by Crippen LogP contribution is 2.32. The lowest BCUT2D eigenvalue weighted by atomic mass is 10.1. The summed E-state index contributed by atoms with van der Waals surface area (Å²) < 4.78 is 34.3. The third kappa shape index (κ3) is 4.41. The first-order valence-corrected chi connectivity index (χ1v) is 8.01. The van der Waals surface area contributed by atoms with Gasteiger partial charge >= 0.3 is 5.97 Å². The van der Waals surface area contributed by atoms with E-state index in [0.29, 0.717) is 28.7 Å². The second-order valence-electron chi connectivity index (χ2n) is 5.49. The molecule has 132 valence electrons. The molecule has 7 heteroatoms. The normalized spacial score (nSPS) is 14.2. The van der Waals surface area contributed by atoms with Gasteiger partial charge in [0.15, 0.2) is 12.9 Å². The van der Waals surface area contributed by atoms with Crippen molar-refractivity contribution in [3.8, 4) is 11.5 Å². The highest BCUT2D eigenvalue weighted by atomic mass is 35.5. The summed E-state index contributed by atoms with van der Waals surface area (Å²) in [5, 5.41) is 0.509. The van der Waals surface area contributed by atoms with Gasteiger partial charge in [-0.25, -0.2) is 9.18 Å². The second-order valence-corrected chi connectivity index (χ2v) is 5.92. The Labute approximate surface area is 149 Å². The Morgan fingerprint density at radius 2 is 2.08 bits per heavy atom. The predicted octanol–water partition coefficient (Wildman–Crippen LogP) is 3.86. The molecule has 1 atom stereocenters. The maximum Gasteiger partial charge on any atom is 0.347 e. The topological polar surface area (TPSA) is 54.0 Å². The lowest BCUT2D eigenvalue weighted by Crippen LogP contribution is -2.26. The van der Waals surface area contributed by atoms with Gasteiger partial charge in [-0.1, -0.05) is 11.6 Å². The van der Waals surface area contributed by atoms with Crippen LogP contribution >= 0.6 is 11.6 Å². The van der Waals surface area contributed by atoms with E-state index < -0.39 is 12.1 Å². The number of esters is 1. The molecule has 0 aliphatic carbocycles. The molecule has 0 unspecified atom stereocenters. The molecule has 0 fully saturated rings. The quantitative estimate of drug-likeness (QED) is 0.752. The van der Waals surface area contributed by atoms with Gasteiger partial charge in [-0.15, -0.1) is 0 Å². The molecule has 2 aromatic rings. The van der Waals surface area contributed by atoms with Crippen molar-refractivity contribution < 1.29 is 28.1 Å². The Bertz CT molecular complexity index is 763. The predicted molar refractivity (Wildman–Crippen MR) is 88.0 cm³/mol. The average molecular weight is 367 g/mol.